The fourth-order valence-electron chi connectivity index (χ4n) is 1.99. The van der Waals surface area contributed by atoms with E-state index in [1.54, 1.807) is 12.4 Å². The number of para-hydroxylation sites is 1. The van der Waals surface area contributed by atoms with Gasteiger partial charge in [-0.25, -0.2) is 0 Å². The molecule has 0 fully saturated rings. The molecule has 3 rings (SSSR count). The molecule has 0 N–H and O–H groups in total. The van der Waals surface area contributed by atoms with E-state index in [1.807, 2.05) is 48.5 Å². The van der Waals surface area contributed by atoms with Crippen LogP contribution in [0.3, 0.4) is 0 Å². The van der Waals surface area contributed by atoms with Gasteiger partial charge in [-0.1, -0.05) is 30.4 Å². The number of furan rings is 1. The van der Waals surface area contributed by atoms with Crippen molar-refractivity contribution in [2.45, 2.75) is 12.8 Å². The minimum absolute atomic E-state index is 0.716. The summed E-state index contributed by atoms with van der Waals surface area (Å²) >= 11 is 0. The Hall–Kier alpha value is -2.68. The molecule has 1 aliphatic carbocycles. The van der Waals surface area contributed by atoms with Crippen LogP contribution in [0.15, 0.2) is 80.8 Å². The van der Waals surface area contributed by atoms with Crippen LogP contribution in [-0.4, -0.2) is 12.4 Å². The van der Waals surface area contributed by atoms with Crippen LogP contribution in [-0.2, 0) is 0 Å². The first-order valence-corrected chi connectivity index (χ1v) is 7.00. The molecule has 0 radical (unpaired) electrons. The molecule has 3 heteroatoms. The van der Waals surface area contributed by atoms with Gasteiger partial charge in [0, 0.05) is 0 Å². The van der Waals surface area contributed by atoms with Crippen molar-refractivity contribution in [3.05, 3.63) is 77.9 Å². The zero-order chi connectivity index (χ0) is 14.3. The van der Waals surface area contributed by atoms with Crippen LogP contribution in [0.25, 0.3) is 0 Å². The van der Waals surface area contributed by atoms with Crippen LogP contribution in [0.5, 0.6) is 0 Å². The van der Waals surface area contributed by atoms with Gasteiger partial charge in [-0.15, -0.1) is 0 Å². The Morgan fingerprint density at radius 3 is 2.33 bits per heavy atom. The Labute approximate surface area is 124 Å². The van der Waals surface area contributed by atoms with Gasteiger partial charge in [-0.2, -0.15) is 0 Å². The van der Waals surface area contributed by atoms with Crippen LogP contribution in [0.4, 0.5) is 5.69 Å². The van der Waals surface area contributed by atoms with Crippen LogP contribution in [0.2, 0.25) is 0 Å². The molecule has 0 saturated heterocycles. The SMILES string of the molecule is C1=CC(N=Cc2ccc(C=Nc3ccccc3)o2)=CCC1. The van der Waals surface area contributed by atoms with Gasteiger partial charge in [0.05, 0.1) is 23.8 Å². The molecule has 0 spiro atoms. The van der Waals surface area contributed by atoms with Gasteiger partial charge in [0.2, 0.25) is 0 Å². The molecule has 1 aromatic carbocycles. The number of hydrogen-bond donors (Lipinski definition) is 0. The number of hydrogen-bond acceptors (Lipinski definition) is 3. The van der Waals surface area contributed by atoms with E-state index in [2.05, 4.69) is 22.1 Å². The lowest BCUT2D eigenvalue weighted by Gasteiger charge is -1.99. The Morgan fingerprint density at radius 1 is 0.857 bits per heavy atom. The average molecular weight is 276 g/mol. The second-order valence-electron chi connectivity index (χ2n) is 4.70. The molecule has 0 aliphatic heterocycles. The number of nitrogens with zero attached hydrogens (tertiary/aromatic N) is 2. The molecule has 2 aromatic rings. The van der Waals surface area contributed by atoms with Crippen molar-refractivity contribution >= 4 is 18.1 Å². The highest BCUT2D eigenvalue weighted by Gasteiger charge is 1.98. The Bertz CT molecular complexity index is 706. The molecule has 0 bridgehead atoms. The lowest BCUT2D eigenvalue weighted by Crippen LogP contribution is -1.83. The highest BCUT2D eigenvalue weighted by molar-refractivity contribution is 5.82. The molecule has 1 aliphatic rings. The monoisotopic (exact) mass is 276 g/mol. The van der Waals surface area contributed by atoms with Crippen LogP contribution in [0, 0.1) is 0 Å². The standard InChI is InChI=1S/C18H16N2O/c1-3-7-15(8-4-1)19-13-17-11-12-18(21-17)14-20-16-9-5-2-6-10-16/h1,3-5,7-14H,2,6H2. The molecule has 0 amide bonds. The molecule has 3 nitrogen and oxygen atoms in total. The first-order chi connectivity index (χ1) is 10.4. The predicted octanol–water partition coefficient (Wildman–Crippen LogP) is 4.68. The summed E-state index contributed by atoms with van der Waals surface area (Å²) in [5.41, 5.74) is 1.89. The fraction of sp³-hybridized carbons (Fsp3) is 0.111. The summed E-state index contributed by atoms with van der Waals surface area (Å²) in [6.45, 7) is 0. The molecule has 0 saturated carbocycles. The second-order valence-corrected chi connectivity index (χ2v) is 4.70. The summed E-state index contributed by atoms with van der Waals surface area (Å²) in [5, 5.41) is 0. The van der Waals surface area contributed by atoms with E-state index in [0.29, 0.717) is 5.76 Å². The third-order valence-electron chi connectivity index (χ3n) is 3.06. The van der Waals surface area contributed by atoms with E-state index in [4.69, 9.17) is 4.42 Å². The highest BCUT2D eigenvalue weighted by Crippen LogP contribution is 2.13. The van der Waals surface area contributed by atoms with Crippen LogP contribution < -0.4 is 0 Å². The quantitative estimate of drug-likeness (QED) is 0.747. The average Bonchev–Trinajstić information content (AvgIpc) is 3.01. The number of aliphatic imine (C=N–C) groups is 2. The number of rotatable bonds is 4. The maximum Gasteiger partial charge on any atom is 0.145 e. The van der Waals surface area contributed by atoms with Crippen molar-refractivity contribution in [1.29, 1.82) is 0 Å². The minimum atomic E-state index is 0.716. The lowest BCUT2D eigenvalue weighted by atomic mass is 10.1. The van der Waals surface area contributed by atoms with Crippen molar-refractivity contribution in [2.24, 2.45) is 9.98 Å². The minimum Gasteiger partial charge on any atom is -0.454 e. The van der Waals surface area contributed by atoms with Gasteiger partial charge in [-0.05, 0) is 43.2 Å². The maximum atomic E-state index is 5.65. The second kappa shape index (κ2) is 6.66. The van der Waals surface area contributed by atoms with Crippen molar-refractivity contribution in [2.75, 3.05) is 0 Å². The van der Waals surface area contributed by atoms with Gasteiger partial charge in [0.15, 0.2) is 0 Å². The normalized spacial score (nSPS) is 15.0. The summed E-state index contributed by atoms with van der Waals surface area (Å²) in [4.78, 5) is 8.75. The summed E-state index contributed by atoms with van der Waals surface area (Å²) in [6.07, 6.45) is 11.9. The molecular weight excluding hydrogens is 260 g/mol. The van der Waals surface area contributed by atoms with Crippen molar-refractivity contribution < 1.29 is 4.42 Å². The van der Waals surface area contributed by atoms with Crippen molar-refractivity contribution in [3.8, 4) is 0 Å². The zero-order valence-corrected chi connectivity index (χ0v) is 11.6. The summed E-state index contributed by atoms with van der Waals surface area (Å²) in [6, 6.07) is 13.6. The molecule has 0 unspecified atom stereocenters. The smallest absolute Gasteiger partial charge is 0.145 e. The Balaban J connectivity index is 1.66. The molecular formula is C18H16N2O. The van der Waals surface area contributed by atoms with Gasteiger partial charge in [0.25, 0.3) is 0 Å². The molecule has 0 atom stereocenters. The third kappa shape index (κ3) is 3.89. The van der Waals surface area contributed by atoms with E-state index in [9.17, 15) is 0 Å². The predicted molar refractivity (Wildman–Crippen MR) is 86.5 cm³/mol. The van der Waals surface area contributed by atoms with E-state index in [1.165, 1.54) is 0 Å². The molecule has 1 aromatic heterocycles. The fourth-order valence-corrected chi connectivity index (χ4v) is 1.99. The summed E-state index contributed by atoms with van der Waals surface area (Å²) in [5.74, 6) is 1.44. The van der Waals surface area contributed by atoms with Gasteiger partial charge >= 0.3 is 0 Å². The first kappa shape index (κ1) is 13.3. The van der Waals surface area contributed by atoms with Gasteiger partial charge in [0.1, 0.15) is 11.5 Å². The van der Waals surface area contributed by atoms with Crippen molar-refractivity contribution in [3.63, 3.8) is 0 Å². The Kier molecular flexibility index (Phi) is 4.22. The topological polar surface area (TPSA) is 37.9 Å². The van der Waals surface area contributed by atoms with Crippen LogP contribution in [0.1, 0.15) is 24.4 Å². The van der Waals surface area contributed by atoms with Crippen molar-refractivity contribution in [1.82, 2.24) is 0 Å². The largest absolute Gasteiger partial charge is 0.454 e. The van der Waals surface area contributed by atoms with E-state index >= 15 is 0 Å². The molecule has 1 heterocycles. The van der Waals surface area contributed by atoms with E-state index < -0.39 is 0 Å². The van der Waals surface area contributed by atoms with E-state index in [-0.39, 0.29) is 0 Å². The number of allylic oxidation sites excluding steroid dienone is 3. The summed E-state index contributed by atoms with van der Waals surface area (Å²) in [7, 11) is 0. The molecule has 21 heavy (non-hydrogen) atoms. The third-order valence-corrected chi connectivity index (χ3v) is 3.06. The zero-order valence-electron chi connectivity index (χ0n) is 11.6. The lowest BCUT2D eigenvalue weighted by molar-refractivity contribution is 0.553. The maximum absolute atomic E-state index is 5.65. The summed E-state index contributed by atoms with van der Waals surface area (Å²) < 4.78 is 5.65. The van der Waals surface area contributed by atoms with Gasteiger partial charge in [-0.3, -0.25) is 9.98 Å². The van der Waals surface area contributed by atoms with Gasteiger partial charge < -0.3 is 4.42 Å². The van der Waals surface area contributed by atoms with E-state index in [0.717, 1.165) is 30.0 Å². The highest BCUT2D eigenvalue weighted by atomic mass is 16.3. The molecule has 104 valence electrons. The first-order valence-electron chi connectivity index (χ1n) is 7.00. The number of benzene rings is 1. The van der Waals surface area contributed by atoms with Crippen LogP contribution >= 0.6 is 0 Å². The Morgan fingerprint density at radius 2 is 1.62 bits per heavy atom.